The van der Waals surface area contributed by atoms with Crippen LogP contribution in [-0.4, -0.2) is 41.5 Å². The van der Waals surface area contributed by atoms with Crippen molar-refractivity contribution in [2.45, 2.75) is 6.54 Å². The predicted molar refractivity (Wildman–Crippen MR) is 97.1 cm³/mol. The molecule has 2 amide bonds. The highest BCUT2D eigenvalue weighted by Crippen LogP contribution is 2.12. The molecule has 0 unspecified atom stereocenters. The molecule has 7 nitrogen and oxygen atoms in total. The molecule has 0 aliphatic carbocycles. The molecular weight excluding hydrogens is 316 g/mol. The van der Waals surface area contributed by atoms with Crippen LogP contribution in [0.1, 0.15) is 11.1 Å². The lowest BCUT2D eigenvalue weighted by atomic mass is 10.1. The minimum Gasteiger partial charge on any atom is -0.347 e. The summed E-state index contributed by atoms with van der Waals surface area (Å²) in [6, 6.07) is 8.97. The lowest BCUT2D eigenvalue weighted by Crippen LogP contribution is -2.34. The molecule has 0 bridgehead atoms. The minimum absolute atomic E-state index is 0.288. The molecule has 1 aromatic heterocycles. The second-order valence-electron chi connectivity index (χ2n) is 5.58. The van der Waals surface area contributed by atoms with E-state index >= 15 is 0 Å². The average Bonchev–Trinajstić information content (AvgIpc) is 2.62. The number of carbonyl (C=O) groups is 1. The molecule has 7 heteroatoms. The number of benzene rings is 1. The molecule has 1 heterocycles. The highest BCUT2D eigenvalue weighted by atomic mass is 16.2. The van der Waals surface area contributed by atoms with Crippen LogP contribution in [0.4, 0.5) is 16.4 Å². The summed E-state index contributed by atoms with van der Waals surface area (Å²) in [6.45, 7) is 4.43. The van der Waals surface area contributed by atoms with Crippen LogP contribution < -0.4 is 10.2 Å². The van der Waals surface area contributed by atoms with Gasteiger partial charge in [0.05, 0.1) is 29.7 Å². The highest BCUT2D eigenvalue weighted by molar-refractivity contribution is 5.89. The number of hydrogen-bond donors (Lipinski definition) is 1. The van der Waals surface area contributed by atoms with E-state index in [-0.39, 0.29) is 6.03 Å². The standard InChI is InChI=1S/C18H20N6O/c1-4-8-24(13-15-7-5-6-14(9-15)10-19)18(25)22-16-11-20-17(21-12-16)23(2)3/h4-7,9,11-12H,1,8,13H2,2-3H3,(H,22,25). The van der Waals surface area contributed by atoms with Gasteiger partial charge in [-0.2, -0.15) is 5.26 Å². The average molecular weight is 336 g/mol. The zero-order chi connectivity index (χ0) is 18.2. The van der Waals surface area contributed by atoms with Crippen LogP contribution in [0.3, 0.4) is 0 Å². The topological polar surface area (TPSA) is 85.2 Å². The predicted octanol–water partition coefficient (Wildman–Crippen LogP) is 2.63. The molecule has 1 N–H and O–H groups in total. The molecule has 0 spiro atoms. The van der Waals surface area contributed by atoms with Crippen LogP contribution >= 0.6 is 0 Å². The molecule has 0 aliphatic heterocycles. The summed E-state index contributed by atoms with van der Waals surface area (Å²) < 4.78 is 0. The summed E-state index contributed by atoms with van der Waals surface area (Å²) in [5, 5.41) is 11.8. The van der Waals surface area contributed by atoms with Crippen LogP contribution in [0.15, 0.2) is 49.3 Å². The first-order valence-electron chi connectivity index (χ1n) is 7.68. The van der Waals surface area contributed by atoms with Crippen molar-refractivity contribution >= 4 is 17.7 Å². The van der Waals surface area contributed by atoms with E-state index in [1.54, 1.807) is 46.5 Å². The normalized spacial score (nSPS) is 9.80. The fraction of sp³-hybridized carbons (Fsp3) is 0.222. The molecule has 0 radical (unpaired) electrons. The summed E-state index contributed by atoms with van der Waals surface area (Å²) >= 11 is 0. The number of nitriles is 1. The third-order valence-corrected chi connectivity index (χ3v) is 3.36. The zero-order valence-corrected chi connectivity index (χ0v) is 14.3. The lowest BCUT2D eigenvalue weighted by molar-refractivity contribution is 0.215. The van der Waals surface area contributed by atoms with Crippen molar-refractivity contribution < 1.29 is 4.79 Å². The quantitative estimate of drug-likeness (QED) is 0.820. The van der Waals surface area contributed by atoms with Gasteiger partial charge in [-0.05, 0) is 17.7 Å². The van der Waals surface area contributed by atoms with Gasteiger partial charge in [0.15, 0.2) is 0 Å². The van der Waals surface area contributed by atoms with Gasteiger partial charge in [-0.25, -0.2) is 14.8 Å². The fourth-order valence-corrected chi connectivity index (χ4v) is 2.15. The smallest absolute Gasteiger partial charge is 0.322 e. The first-order valence-corrected chi connectivity index (χ1v) is 7.68. The van der Waals surface area contributed by atoms with Gasteiger partial charge in [0.1, 0.15) is 0 Å². The van der Waals surface area contributed by atoms with E-state index in [0.717, 1.165) is 5.56 Å². The van der Waals surface area contributed by atoms with Gasteiger partial charge in [-0.3, -0.25) is 0 Å². The zero-order valence-electron chi connectivity index (χ0n) is 14.3. The molecular formula is C18H20N6O. The number of aromatic nitrogens is 2. The Morgan fingerprint density at radius 2 is 2.08 bits per heavy atom. The van der Waals surface area contributed by atoms with Crippen molar-refractivity contribution in [1.82, 2.24) is 14.9 Å². The summed E-state index contributed by atoms with van der Waals surface area (Å²) in [4.78, 5) is 24.2. The van der Waals surface area contributed by atoms with E-state index < -0.39 is 0 Å². The van der Waals surface area contributed by atoms with Crippen LogP contribution in [0.25, 0.3) is 0 Å². The van der Waals surface area contributed by atoms with Gasteiger partial charge in [0.2, 0.25) is 5.95 Å². The van der Waals surface area contributed by atoms with Crippen molar-refractivity contribution in [3.05, 3.63) is 60.4 Å². The Labute approximate surface area is 147 Å². The van der Waals surface area contributed by atoms with Crippen LogP contribution in [0.2, 0.25) is 0 Å². The van der Waals surface area contributed by atoms with Gasteiger partial charge in [0, 0.05) is 27.2 Å². The molecule has 0 fully saturated rings. The van der Waals surface area contributed by atoms with E-state index in [9.17, 15) is 4.79 Å². The van der Waals surface area contributed by atoms with Crippen molar-refractivity contribution in [1.29, 1.82) is 5.26 Å². The Morgan fingerprint density at radius 3 is 2.68 bits per heavy atom. The maximum Gasteiger partial charge on any atom is 0.322 e. The number of carbonyl (C=O) groups excluding carboxylic acids is 1. The number of rotatable bonds is 6. The maximum absolute atomic E-state index is 12.5. The summed E-state index contributed by atoms with van der Waals surface area (Å²) in [5.41, 5.74) is 1.94. The van der Waals surface area contributed by atoms with Crippen molar-refractivity contribution in [2.24, 2.45) is 0 Å². The third kappa shape index (κ3) is 5.04. The second-order valence-corrected chi connectivity index (χ2v) is 5.58. The molecule has 2 rings (SSSR count). The van der Waals surface area contributed by atoms with E-state index in [2.05, 4.69) is 27.9 Å². The van der Waals surface area contributed by atoms with E-state index in [0.29, 0.717) is 30.3 Å². The van der Waals surface area contributed by atoms with Crippen LogP contribution in [0, 0.1) is 11.3 Å². The van der Waals surface area contributed by atoms with E-state index in [1.165, 1.54) is 0 Å². The number of nitrogens with one attached hydrogen (secondary N) is 1. The number of urea groups is 1. The largest absolute Gasteiger partial charge is 0.347 e. The lowest BCUT2D eigenvalue weighted by Gasteiger charge is -2.22. The number of anilines is 2. The van der Waals surface area contributed by atoms with Crippen molar-refractivity contribution in [2.75, 3.05) is 30.9 Å². The molecule has 2 aromatic rings. The molecule has 0 aliphatic rings. The van der Waals surface area contributed by atoms with Crippen LogP contribution in [0.5, 0.6) is 0 Å². The van der Waals surface area contributed by atoms with Gasteiger partial charge in [-0.1, -0.05) is 18.2 Å². The monoisotopic (exact) mass is 336 g/mol. The SMILES string of the molecule is C=CCN(Cc1cccc(C#N)c1)C(=O)Nc1cnc(N(C)C)nc1. The molecule has 128 valence electrons. The highest BCUT2D eigenvalue weighted by Gasteiger charge is 2.14. The Hall–Kier alpha value is -3.40. The first-order chi connectivity index (χ1) is 12.0. The summed E-state index contributed by atoms with van der Waals surface area (Å²) in [7, 11) is 3.68. The van der Waals surface area contributed by atoms with Gasteiger partial charge < -0.3 is 15.1 Å². The molecule has 1 aromatic carbocycles. The third-order valence-electron chi connectivity index (χ3n) is 3.36. The molecule has 0 saturated carbocycles. The summed E-state index contributed by atoms with van der Waals surface area (Å²) in [5.74, 6) is 0.564. The van der Waals surface area contributed by atoms with E-state index in [1.807, 2.05) is 20.2 Å². The Bertz CT molecular complexity index is 779. The number of amides is 2. The van der Waals surface area contributed by atoms with Crippen molar-refractivity contribution in [3.63, 3.8) is 0 Å². The Kier molecular flexibility index (Phi) is 6.07. The molecule has 0 saturated heterocycles. The maximum atomic E-state index is 12.5. The van der Waals surface area contributed by atoms with Crippen LogP contribution in [-0.2, 0) is 6.54 Å². The van der Waals surface area contributed by atoms with E-state index in [4.69, 9.17) is 5.26 Å². The van der Waals surface area contributed by atoms with Gasteiger partial charge in [0.25, 0.3) is 0 Å². The first kappa shape index (κ1) is 17.9. The minimum atomic E-state index is -0.288. The summed E-state index contributed by atoms with van der Waals surface area (Å²) in [6.07, 6.45) is 4.77. The van der Waals surface area contributed by atoms with Gasteiger partial charge in [-0.15, -0.1) is 6.58 Å². The number of nitrogens with zero attached hydrogens (tertiary/aromatic N) is 5. The van der Waals surface area contributed by atoms with Crippen molar-refractivity contribution in [3.8, 4) is 6.07 Å². The Morgan fingerprint density at radius 1 is 1.36 bits per heavy atom. The Balaban J connectivity index is 2.09. The van der Waals surface area contributed by atoms with Gasteiger partial charge >= 0.3 is 6.03 Å². The molecule has 25 heavy (non-hydrogen) atoms. The molecule has 0 atom stereocenters. The number of hydrogen-bond acceptors (Lipinski definition) is 5. The second kappa shape index (κ2) is 8.45. The fourth-order valence-electron chi connectivity index (χ4n) is 2.15.